The lowest BCUT2D eigenvalue weighted by molar-refractivity contribution is 0.281. The summed E-state index contributed by atoms with van der Waals surface area (Å²) in [5.74, 6) is 0.788. The second kappa shape index (κ2) is 5.31. The average molecular weight is 245 g/mol. The first-order valence-corrected chi connectivity index (χ1v) is 6.34. The SMILES string of the molecule is CCc1cc(CC)n(-c2cc(CO)cc(C)n2)n1. The summed E-state index contributed by atoms with van der Waals surface area (Å²) in [6.07, 6.45) is 1.83. The van der Waals surface area contributed by atoms with Crippen molar-refractivity contribution in [2.45, 2.75) is 40.2 Å². The number of aromatic nitrogens is 3. The molecule has 0 unspecified atom stereocenters. The normalized spacial score (nSPS) is 10.9. The van der Waals surface area contributed by atoms with Gasteiger partial charge in [0, 0.05) is 11.4 Å². The Kier molecular flexibility index (Phi) is 3.77. The first-order valence-electron chi connectivity index (χ1n) is 6.34. The summed E-state index contributed by atoms with van der Waals surface area (Å²) >= 11 is 0. The third kappa shape index (κ3) is 2.43. The number of pyridine rings is 1. The van der Waals surface area contributed by atoms with Crippen molar-refractivity contribution < 1.29 is 5.11 Å². The molecule has 0 bridgehead atoms. The Bertz CT molecular complexity index is 546. The van der Waals surface area contributed by atoms with E-state index in [1.54, 1.807) is 0 Å². The van der Waals surface area contributed by atoms with Crippen molar-refractivity contribution in [3.05, 3.63) is 40.8 Å². The van der Waals surface area contributed by atoms with Crippen LogP contribution in [0.3, 0.4) is 0 Å². The molecule has 0 aromatic carbocycles. The highest BCUT2D eigenvalue weighted by Crippen LogP contribution is 2.15. The summed E-state index contributed by atoms with van der Waals surface area (Å²) in [7, 11) is 0. The summed E-state index contributed by atoms with van der Waals surface area (Å²) < 4.78 is 1.88. The molecule has 96 valence electrons. The minimum Gasteiger partial charge on any atom is -0.392 e. The molecule has 2 rings (SSSR count). The maximum atomic E-state index is 9.25. The monoisotopic (exact) mass is 245 g/mol. The summed E-state index contributed by atoms with van der Waals surface area (Å²) in [6, 6.07) is 5.89. The van der Waals surface area contributed by atoms with Gasteiger partial charge in [-0.15, -0.1) is 0 Å². The van der Waals surface area contributed by atoms with E-state index in [4.69, 9.17) is 0 Å². The lowest BCUT2D eigenvalue weighted by Crippen LogP contribution is -2.06. The van der Waals surface area contributed by atoms with Gasteiger partial charge in [-0.2, -0.15) is 5.10 Å². The standard InChI is InChI=1S/C14H19N3O/c1-4-12-8-13(5-2)17(16-12)14-7-11(9-18)6-10(3)15-14/h6-8,18H,4-5,9H2,1-3H3. The lowest BCUT2D eigenvalue weighted by atomic mass is 10.2. The van der Waals surface area contributed by atoms with Crippen LogP contribution in [0.2, 0.25) is 0 Å². The van der Waals surface area contributed by atoms with Crippen LogP contribution in [0.4, 0.5) is 0 Å². The number of hydrogen-bond acceptors (Lipinski definition) is 3. The Morgan fingerprint density at radius 2 is 1.94 bits per heavy atom. The van der Waals surface area contributed by atoms with Crippen LogP contribution in [0.1, 0.15) is 36.5 Å². The summed E-state index contributed by atoms with van der Waals surface area (Å²) in [5, 5.41) is 13.8. The number of aryl methyl sites for hydroxylation is 3. The second-order valence-corrected chi connectivity index (χ2v) is 4.38. The molecule has 2 aromatic heterocycles. The Morgan fingerprint density at radius 3 is 2.56 bits per heavy atom. The smallest absolute Gasteiger partial charge is 0.154 e. The maximum absolute atomic E-state index is 9.25. The fourth-order valence-electron chi connectivity index (χ4n) is 2.02. The zero-order valence-corrected chi connectivity index (χ0v) is 11.1. The molecule has 0 saturated carbocycles. The number of hydrogen-bond donors (Lipinski definition) is 1. The highest BCUT2D eigenvalue weighted by Gasteiger charge is 2.09. The van der Waals surface area contributed by atoms with Crippen molar-refractivity contribution in [3.8, 4) is 5.82 Å². The van der Waals surface area contributed by atoms with E-state index >= 15 is 0 Å². The largest absolute Gasteiger partial charge is 0.392 e. The van der Waals surface area contributed by atoms with Crippen LogP contribution in [0.25, 0.3) is 5.82 Å². The van der Waals surface area contributed by atoms with Gasteiger partial charge in [-0.3, -0.25) is 0 Å². The van der Waals surface area contributed by atoms with E-state index < -0.39 is 0 Å². The van der Waals surface area contributed by atoms with Crippen molar-refractivity contribution in [3.63, 3.8) is 0 Å². The van der Waals surface area contributed by atoms with Crippen LogP contribution in [0.15, 0.2) is 18.2 Å². The van der Waals surface area contributed by atoms with Gasteiger partial charge in [0.25, 0.3) is 0 Å². The summed E-state index contributed by atoms with van der Waals surface area (Å²) in [5.41, 5.74) is 3.98. The van der Waals surface area contributed by atoms with Crippen molar-refractivity contribution in [2.24, 2.45) is 0 Å². The number of rotatable bonds is 4. The van der Waals surface area contributed by atoms with Gasteiger partial charge in [0.05, 0.1) is 12.3 Å². The van der Waals surface area contributed by atoms with Crippen LogP contribution >= 0.6 is 0 Å². The molecule has 0 atom stereocenters. The maximum Gasteiger partial charge on any atom is 0.154 e. The molecule has 0 spiro atoms. The number of aliphatic hydroxyl groups excluding tert-OH is 1. The van der Waals surface area contributed by atoms with Gasteiger partial charge < -0.3 is 5.11 Å². The molecule has 2 heterocycles. The van der Waals surface area contributed by atoms with Gasteiger partial charge in [-0.25, -0.2) is 9.67 Å². The fraction of sp³-hybridized carbons (Fsp3) is 0.429. The minimum atomic E-state index is 0.0275. The fourth-order valence-corrected chi connectivity index (χ4v) is 2.02. The summed E-state index contributed by atoms with van der Waals surface area (Å²) in [4.78, 5) is 4.50. The van der Waals surface area contributed by atoms with Crippen molar-refractivity contribution in [1.82, 2.24) is 14.8 Å². The molecular weight excluding hydrogens is 226 g/mol. The molecule has 0 aliphatic carbocycles. The number of aliphatic hydroxyl groups is 1. The van der Waals surface area contributed by atoms with E-state index in [1.807, 2.05) is 23.7 Å². The predicted molar refractivity (Wildman–Crippen MR) is 70.8 cm³/mol. The van der Waals surface area contributed by atoms with Gasteiger partial charge >= 0.3 is 0 Å². The molecule has 0 saturated heterocycles. The lowest BCUT2D eigenvalue weighted by Gasteiger charge is -2.07. The van der Waals surface area contributed by atoms with E-state index in [9.17, 15) is 5.11 Å². The van der Waals surface area contributed by atoms with E-state index in [0.717, 1.165) is 41.3 Å². The highest BCUT2D eigenvalue weighted by atomic mass is 16.3. The average Bonchev–Trinajstić information content (AvgIpc) is 2.81. The zero-order chi connectivity index (χ0) is 13.1. The molecule has 0 aliphatic rings. The van der Waals surface area contributed by atoms with Crippen LogP contribution in [0, 0.1) is 6.92 Å². The van der Waals surface area contributed by atoms with Crippen molar-refractivity contribution in [1.29, 1.82) is 0 Å². The van der Waals surface area contributed by atoms with Crippen LogP contribution in [0.5, 0.6) is 0 Å². The van der Waals surface area contributed by atoms with Gasteiger partial charge in [0.2, 0.25) is 0 Å². The van der Waals surface area contributed by atoms with E-state index in [1.165, 1.54) is 0 Å². The molecule has 4 heteroatoms. The van der Waals surface area contributed by atoms with E-state index in [0.29, 0.717) is 0 Å². The molecule has 0 radical (unpaired) electrons. The van der Waals surface area contributed by atoms with Crippen LogP contribution in [-0.2, 0) is 19.4 Å². The molecule has 4 nitrogen and oxygen atoms in total. The van der Waals surface area contributed by atoms with Crippen molar-refractivity contribution in [2.75, 3.05) is 0 Å². The third-order valence-electron chi connectivity index (χ3n) is 2.96. The first-order chi connectivity index (χ1) is 8.67. The molecule has 18 heavy (non-hydrogen) atoms. The molecule has 2 aromatic rings. The molecule has 0 amide bonds. The Balaban J connectivity index is 2.53. The van der Waals surface area contributed by atoms with Gasteiger partial charge in [0.15, 0.2) is 5.82 Å². The minimum absolute atomic E-state index is 0.0275. The second-order valence-electron chi connectivity index (χ2n) is 4.38. The van der Waals surface area contributed by atoms with Crippen LogP contribution in [-0.4, -0.2) is 19.9 Å². The Labute approximate surface area is 107 Å². The first kappa shape index (κ1) is 12.8. The summed E-state index contributed by atoms with van der Waals surface area (Å²) in [6.45, 7) is 6.16. The van der Waals surface area contributed by atoms with Crippen LogP contribution < -0.4 is 0 Å². The topological polar surface area (TPSA) is 50.9 Å². The van der Waals surface area contributed by atoms with Crippen molar-refractivity contribution >= 4 is 0 Å². The molecular formula is C14H19N3O. The molecule has 0 aliphatic heterocycles. The van der Waals surface area contributed by atoms with Gasteiger partial charge in [-0.1, -0.05) is 13.8 Å². The Morgan fingerprint density at radius 1 is 1.17 bits per heavy atom. The van der Waals surface area contributed by atoms with E-state index in [2.05, 4.69) is 30.0 Å². The van der Waals surface area contributed by atoms with Gasteiger partial charge in [-0.05, 0) is 43.5 Å². The third-order valence-corrected chi connectivity index (χ3v) is 2.96. The molecule has 0 fully saturated rings. The Hall–Kier alpha value is -1.68. The molecule has 1 N–H and O–H groups in total. The number of nitrogens with zero attached hydrogens (tertiary/aromatic N) is 3. The van der Waals surface area contributed by atoms with E-state index in [-0.39, 0.29) is 6.61 Å². The zero-order valence-electron chi connectivity index (χ0n) is 11.1. The highest BCUT2D eigenvalue weighted by molar-refractivity contribution is 5.32. The van der Waals surface area contributed by atoms with Gasteiger partial charge in [0.1, 0.15) is 0 Å². The predicted octanol–water partition coefficient (Wildman–Crippen LogP) is 2.19. The quantitative estimate of drug-likeness (QED) is 0.898.